The first-order valence-corrected chi connectivity index (χ1v) is 6.51. The van der Waals surface area contributed by atoms with Gasteiger partial charge in [-0.05, 0) is 24.6 Å². The summed E-state index contributed by atoms with van der Waals surface area (Å²) in [6, 6.07) is 5.36. The minimum absolute atomic E-state index is 0.0618. The molecule has 0 aliphatic carbocycles. The first-order valence-electron chi connectivity index (χ1n) is 5.97. The lowest BCUT2D eigenvalue weighted by atomic mass is 10.1. The van der Waals surface area contributed by atoms with Crippen LogP contribution in [0.2, 0.25) is 0 Å². The van der Waals surface area contributed by atoms with Crippen LogP contribution in [0.4, 0.5) is 8.78 Å². The third-order valence-electron chi connectivity index (χ3n) is 2.48. The summed E-state index contributed by atoms with van der Waals surface area (Å²) in [4.78, 5) is 12.0. The largest absolute Gasteiger partial charge is 0.435 e. The van der Waals surface area contributed by atoms with E-state index in [0.29, 0.717) is 18.9 Å². The summed E-state index contributed by atoms with van der Waals surface area (Å²) in [6.45, 7) is -2.60. The number of hydrogen-bond acceptors (Lipinski definition) is 3. The van der Waals surface area contributed by atoms with E-state index < -0.39 is 12.5 Å². The van der Waals surface area contributed by atoms with Crippen LogP contribution in [-0.2, 0) is 4.74 Å². The Labute approximate surface area is 121 Å². The van der Waals surface area contributed by atoms with Gasteiger partial charge in [0.25, 0.3) is 5.91 Å². The standard InChI is InChI=1S/C13H16ClF2NO3/c1-19-8-10(5-6-14)17-12(18)9-3-2-4-11(7-9)20-13(15)16/h2-4,7,10,13H,5-6,8H2,1H3,(H,17,18). The maximum atomic E-state index is 12.1. The highest BCUT2D eigenvalue weighted by atomic mass is 35.5. The zero-order valence-corrected chi connectivity index (χ0v) is 11.7. The van der Waals surface area contributed by atoms with Gasteiger partial charge in [-0.2, -0.15) is 8.78 Å². The monoisotopic (exact) mass is 307 g/mol. The van der Waals surface area contributed by atoms with Gasteiger partial charge < -0.3 is 14.8 Å². The number of benzene rings is 1. The van der Waals surface area contributed by atoms with Crippen molar-refractivity contribution in [3.05, 3.63) is 29.8 Å². The molecule has 20 heavy (non-hydrogen) atoms. The molecule has 1 rings (SSSR count). The van der Waals surface area contributed by atoms with Crippen LogP contribution < -0.4 is 10.1 Å². The summed E-state index contributed by atoms with van der Waals surface area (Å²) in [5.74, 6) is -0.0757. The summed E-state index contributed by atoms with van der Waals surface area (Å²) in [5, 5.41) is 2.72. The zero-order chi connectivity index (χ0) is 15.0. The Bertz CT molecular complexity index is 426. The Kier molecular flexibility index (Phi) is 7.25. The number of nitrogens with one attached hydrogen (secondary N) is 1. The Morgan fingerprint density at radius 2 is 2.20 bits per heavy atom. The Morgan fingerprint density at radius 1 is 1.45 bits per heavy atom. The quantitative estimate of drug-likeness (QED) is 0.751. The van der Waals surface area contributed by atoms with Gasteiger partial charge >= 0.3 is 6.61 Å². The molecule has 0 saturated heterocycles. The lowest BCUT2D eigenvalue weighted by Gasteiger charge is -2.17. The number of alkyl halides is 3. The molecule has 1 N–H and O–H groups in total. The van der Waals surface area contributed by atoms with E-state index in [-0.39, 0.29) is 17.4 Å². The molecule has 1 atom stereocenters. The third-order valence-corrected chi connectivity index (χ3v) is 2.70. The fourth-order valence-corrected chi connectivity index (χ4v) is 1.88. The predicted molar refractivity (Wildman–Crippen MR) is 71.5 cm³/mol. The second-order valence-electron chi connectivity index (χ2n) is 4.01. The van der Waals surface area contributed by atoms with Gasteiger partial charge in [0.15, 0.2) is 0 Å². The molecule has 0 aromatic heterocycles. The summed E-state index contributed by atoms with van der Waals surface area (Å²) in [6.07, 6.45) is 0.550. The molecule has 0 aliphatic rings. The van der Waals surface area contributed by atoms with Crippen LogP contribution in [0.15, 0.2) is 24.3 Å². The first kappa shape index (κ1) is 16.7. The van der Waals surface area contributed by atoms with Crippen molar-refractivity contribution in [2.24, 2.45) is 0 Å². The third kappa shape index (κ3) is 5.71. The van der Waals surface area contributed by atoms with Gasteiger partial charge in [0.05, 0.1) is 12.6 Å². The van der Waals surface area contributed by atoms with E-state index in [4.69, 9.17) is 16.3 Å². The van der Waals surface area contributed by atoms with Gasteiger partial charge in [-0.25, -0.2) is 0 Å². The molecular formula is C13H16ClF2NO3. The van der Waals surface area contributed by atoms with Crippen LogP contribution in [0.25, 0.3) is 0 Å². The molecule has 112 valence electrons. The van der Waals surface area contributed by atoms with E-state index in [9.17, 15) is 13.6 Å². The predicted octanol–water partition coefficient (Wildman–Crippen LogP) is 2.66. The molecule has 7 heteroatoms. The minimum atomic E-state index is -2.93. The molecule has 1 aromatic rings. The SMILES string of the molecule is COCC(CCCl)NC(=O)c1cccc(OC(F)F)c1. The van der Waals surface area contributed by atoms with Crippen molar-refractivity contribution in [3.8, 4) is 5.75 Å². The lowest BCUT2D eigenvalue weighted by molar-refractivity contribution is -0.0498. The van der Waals surface area contributed by atoms with Crippen LogP contribution in [0.1, 0.15) is 16.8 Å². The van der Waals surface area contributed by atoms with Crippen molar-refractivity contribution < 1.29 is 23.0 Å². The molecule has 0 radical (unpaired) electrons. The molecule has 0 aliphatic heterocycles. The van der Waals surface area contributed by atoms with Gasteiger partial charge in [0, 0.05) is 18.6 Å². The summed E-state index contributed by atoms with van der Waals surface area (Å²) in [5.41, 5.74) is 0.235. The highest BCUT2D eigenvalue weighted by Crippen LogP contribution is 2.16. The Hall–Kier alpha value is -1.40. The van der Waals surface area contributed by atoms with Crippen molar-refractivity contribution in [1.29, 1.82) is 0 Å². The lowest BCUT2D eigenvalue weighted by Crippen LogP contribution is -2.38. The van der Waals surface area contributed by atoms with E-state index in [2.05, 4.69) is 10.1 Å². The zero-order valence-electron chi connectivity index (χ0n) is 10.9. The molecule has 4 nitrogen and oxygen atoms in total. The van der Waals surface area contributed by atoms with Crippen molar-refractivity contribution in [2.75, 3.05) is 19.6 Å². The fourth-order valence-electron chi connectivity index (χ4n) is 1.61. The number of ether oxygens (including phenoxy) is 2. The maximum Gasteiger partial charge on any atom is 0.387 e. The van der Waals surface area contributed by atoms with Crippen LogP contribution in [0.5, 0.6) is 5.75 Å². The highest BCUT2D eigenvalue weighted by molar-refractivity contribution is 6.17. The molecule has 0 saturated carbocycles. The van der Waals surface area contributed by atoms with E-state index >= 15 is 0 Å². The van der Waals surface area contributed by atoms with Gasteiger partial charge in [0.1, 0.15) is 5.75 Å². The van der Waals surface area contributed by atoms with Crippen molar-refractivity contribution in [3.63, 3.8) is 0 Å². The molecule has 0 heterocycles. The summed E-state index contributed by atoms with van der Waals surface area (Å²) < 4.78 is 33.4. The number of carbonyl (C=O) groups is 1. The molecule has 0 fully saturated rings. The molecule has 1 amide bonds. The topological polar surface area (TPSA) is 47.6 Å². The molecule has 1 unspecified atom stereocenters. The Balaban J connectivity index is 2.70. The van der Waals surface area contributed by atoms with Crippen LogP contribution in [0.3, 0.4) is 0 Å². The highest BCUT2D eigenvalue weighted by Gasteiger charge is 2.14. The molecule has 1 aromatic carbocycles. The number of amides is 1. The van der Waals surface area contributed by atoms with Crippen LogP contribution in [0, 0.1) is 0 Å². The van der Waals surface area contributed by atoms with Gasteiger partial charge in [-0.1, -0.05) is 6.07 Å². The second kappa shape index (κ2) is 8.71. The van der Waals surface area contributed by atoms with Crippen molar-refractivity contribution in [1.82, 2.24) is 5.32 Å². The number of rotatable bonds is 8. The molecule has 0 spiro atoms. The summed E-state index contributed by atoms with van der Waals surface area (Å²) in [7, 11) is 1.52. The van der Waals surface area contributed by atoms with Crippen LogP contribution >= 0.6 is 11.6 Å². The summed E-state index contributed by atoms with van der Waals surface area (Å²) >= 11 is 5.63. The molecule has 0 bridgehead atoms. The molecular weight excluding hydrogens is 292 g/mol. The number of hydrogen-bond donors (Lipinski definition) is 1. The van der Waals surface area contributed by atoms with E-state index in [1.54, 1.807) is 0 Å². The van der Waals surface area contributed by atoms with Gasteiger partial charge in [-0.3, -0.25) is 4.79 Å². The van der Waals surface area contributed by atoms with Crippen LogP contribution in [-0.4, -0.2) is 38.2 Å². The number of methoxy groups -OCH3 is 1. The Morgan fingerprint density at radius 3 is 2.80 bits per heavy atom. The normalized spacial score (nSPS) is 12.2. The van der Waals surface area contributed by atoms with Crippen molar-refractivity contribution in [2.45, 2.75) is 19.1 Å². The van der Waals surface area contributed by atoms with E-state index in [1.807, 2.05) is 0 Å². The van der Waals surface area contributed by atoms with E-state index in [0.717, 1.165) is 0 Å². The van der Waals surface area contributed by atoms with Gasteiger partial charge in [-0.15, -0.1) is 11.6 Å². The first-order chi connectivity index (χ1) is 9.56. The number of carbonyl (C=O) groups excluding carboxylic acids is 1. The average Bonchev–Trinajstić information content (AvgIpc) is 2.38. The maximum absolute atomic E-state index is 12.1. The average molecular weight is 308 g/mol. The fraction of sp³-hybridized carbons (Fsp3) is 0.462. The van der Waals surface area contributed by atoms with E-state index in [1.165, 1.54) is 31.4 Å². The minimum Gasteiger partial charge on any atom is -0.435 e. The van der Waals surface area contributed by atoms with Gasteiger partial charge in [0.2, 0.25) is 0 Å². The number of halogens is 3. The smallest absolute Gasteiger partial charge is 0.387 e. The second-order valence-corrected chi connectivity index (χ2v) is 4.39. The van der Waals surface area contributed by atoms with Crippen molar-refractivity contribution >= 4 is 17.5 Å².